The molecule has 0 aliphatic rings. The van der Waals surface area contributed by atoms with Gasteiger partial charge in [-0.15, -0.1) is 0 Å². The second-order valence-electron chi connectivity index (χ2n) is 7.79. The van der Waals surface area contributed by atoms with Crippen LogP contribution < -0.4 is 27.4 Å². The first-order chi connectivity index (χ1) is 16.3. The Balaban J connectivity index is 1.73. The third kappa shape index (κ3) is 4.12. The van der Waals surface area contributed by atoms with E-state index in [9.17, 15) is 19.2 Å². The number of nitrogens with zero attached hydrogens (tertiary/aromatic N) is 6. The van der Waals surface area contributed by atoms with E-state index >= 15 is 0 Å². The van der Waals surface area contributed by atoms with Crippen molar-refractivity contribution >= 4 is 28.4 Å². The summed E-state index contributed by atoms with van der Waals surface area (Å²) in [4.78, 5) is 59.0. The summed E-state index contributed by atoms with van der Waals surface area (Å²) in [5.74, 6) is -0.677. The van der Waals surface area contributed by atoms with E-state index in [-0.39, 0.29) is 36.5 Å². The lowest BCUT2D eigenvalue weighted by atomic mass is 10.2. The highest BCUT2D eigenvalue weighted by Crippen LogP contribution is 2.19. The molecule has 1 amide bonds. The summed E-state index contributed by atoms with van der Waals surface area (Å²) >= 11 is 0. The Hall–Kier alpha value is -4.48. The Morgan fingerprint density at radius 3 is 2.62 bits per heavy atom. The van der Waals surface area contributed by atoms with Crippen molar-refractivity contribution in [3.63, 3.8) is 0 Å². The molecule has 0 bridgehead atoms. The van der Waals surface area contributed by atoms with Crippen LogP contribution in [0.5, 0.6) is 0 Å². The molecule has 0 fully saturated rings. The van der Waals surface area contributed by atoms with Crippen molar-refractivity contribution in [1.82, 2.24) is 28.9 Å². The number of rotatable bonds is 7. The number of fused-ring (bicyclic) bond motifs is 1. The van der Waals surface area contributed by atoms with Gasteiger partial charge in [-0.05, 0) is 12.0 Å². The highest BCUT2D eigenvalue weighted by molar-refractivity contribution is 5.95. The minimum Gasteiger partial charge on any atom is -0.383 e. The van der Waals surface area contributed by atoms with Gasteiger partial charge in [0.25, 0.3) is 11.1 Å². The Bertz CT molecular complexity index is 1530. The lowest BCUT2D eigenvalue weighted by Gasteiger charge is -2.24. The first-order valence-electron chi connectivity index (χ1n) is 10.7. The van der Waals surface area contributed by atoms with Crippen molar-refractivity contribution in [2.75, 3.05) is 17.2 Å². The zero-order valence-electron chi connectivity index (χ0n) is 18.8. The normalized spacial score (nSPS) is 11.1. The van der Waals surface area contributed by atoms with Gasteiger partial charge in [0, 0.05) is 13.6 Å². The number of aromatic amines is 1. The predicted octanol–water partition coefficient (Wildman–Crippen LogP) is 0.0537. The van der Waals surface area contributed by atoms with Crippen molar-refractivity contribution in [1.29, 1.82) is 0 Å². The summed E-state index contributed by atoms with van der Waals surface area (Å²) in [7, 11) is 1.66. The molecule has 3 N–H and O–H groups in total. The van der Waals surface area contributed by atoms with Crippen molar-refractivity contribution < 1.29 is 4.79 Å². The Morgan fingerprint density at radius 1 is 1.18 bits per heavy atom. The number of anilines is 2. The van der Waals surface area contributed by atoms with Gasteiger partial charge in [-0.25, -0.2) is 9.78 Å². The Labute approximate surface area is 192 Å². The molecule has 34 heavy (non-hydrogen) atoms. The average Bonchev–Trinajstić information content (AvgIpc) is 3.19. The zero-order valence-corrected chi connectivity index (χ0v) is 18.8. The molecule has 4 rings (SSSR count). The molecule has 12 nitrogen and oxygen atoms in total. The maximum atomic E-state index is 13.3. The van der Waals surface area contributed by atoms with Gasteiger partial charge < -0.3 is 10.6 Å². The summed E-state index contributed by atoms with van der Waals surface area (Å²) in [5.41, 5.74) is 5.43. The molecular weight excluding hydrogens is 440 g/mol. The van der Waals surface area contributed by atoms with Crippen molar-refractivity contribution in [3.05, 3.63) is 79.6 Å². The topological polar surface area (TPSA) is 154 Å². The van der Waals surface area contributed by atoms with Crippen LogP contribution in [-0.2, 0) is 24.9 Å². The molecule has 0 aliphatic carbocycles. The summed E-state index contributed by atoms with van der Waals surface area (Å²) in [6.45, 7) is 1.74. The standard InChI is InChI=1S/C22H24N8O4/c1-3-9-29(16(31)12-28-13-24-19-15(21(28)33)10-25-27(19)2)17-18(23)30(22(34)26-20(17)32)11-14-7-5-4-6-8-14/h4-8,10,13H,3,9,11-12,23H2,1-2H3,(H,26,32,34). The van der Waals surface area contributed by atoms with Crippen LogP contribution in [0.4, 0.5) is 11.5 Å². The third-order valence-electron chi connectivity index (χ3n) is 5.44. The zero-order chi connectivity index (χ0) is 24.4. The van der Waals surface area contributed by atoms with Gasteiger partial charge in [0.2, 0.25) is 5.91 Å². The number of aryl methyl sites for hydroxylation is 1. The van der Waals surface area contributed by atoms with Crippen LogP contribution in [0.15, 0.2) is 57.2 Å². The number of H-pyrrole nitrogens is 1. The SMILES string of the molecule is CCCN(C(=O)Cn1cnc2c(cnn2C)c1=O)c1c(N)n(Cc2ccccc2)c(=O)[nH]c1=O. The van der Waals surface area contributed by atoms with Crippen molar-refractivity contribution in [2.45, 2.75) is 26.4 Å². The van der Waals surface area contributed by atoms with Crippen LogP contribution >= 0.6 is 0 Å². The van der Waals surface area contributed by atoms with Gasteiger partial charge >= 0.3 is 5.69 Å². The first kappa shape index (κ1) is 22.7. The second kappa shape index (κ2) is 9.17. The highest BCUT2D eigenvalue weighted by atomic mass is 16.2. The number of hydrogen-bond donors (Lipinski definition) is 2. The molecule has 12 heteroatoms. The van der Waals surface area contributed by atoms with Crippen LogP contribution in [-0.4, -0.2) is 41.3 Å². The molecule has 0 radical (unpaired) electrons. The monoisotopic (exact) mass is 464 g/mol. The average molecular weight is 464 g/mol. The van der Waals surface area contributed by atoms with E-state index in [4.69, 9.17) is 5.73 Å². The van der Waals surface area contributed by atoms with Gasteiger partial charge in [-0.1, -0.05) is 37.3 Å². The van der Waals surface area contributed by atoms with Gasteiger partial charge in [0.15, 0.2) is 11.3 Å². The Morgan fingerprint density at radius 2 is 1.91 bits per heavy atom. The molecule has 3 aromatic heterocycles. The third-order valence-corrected chi connectivity index (χ3v) is 5.44. The highest BCUT2D eigenvalue weighted by Gasteiger charge is 2.24. The summed E-state index contributed by atoms with van der Waals surface area (Å²) in [6.07, 6.45) is 3.16. The maximum Gasteiger partial charge on any atom is 0.330 e. The van der Waals surface area contributed by atoms with E-state index in [2.05, 4.69) is 15.1 Å². The number of hydrogen-bond acceptors (Lipinski definition) is 7. The van der Waals surface area contributed by atoms with Crippen LogP contribution in [0.2, 0.25) is 0 Å². The summed E-state index contributed by atoms with van der Waals surface area (Å²) < 4.78 is 3.82. The lowest BCUT2D eigenvalue weighted by molar-refractivity contribution is -0.119. The van der Waals surface area contributed by atoms with Gasteiger partial charge in [-0.3, -0.25) is 33.2 Å². The van der Waals surface area contributed by atoms with Gasteiger partial charge in [-0.2, -0.15) is 5.10 Å². The molecule has 4 aromatic rings. The van der Waals surface area contributed by atoms with E-state index < -0.39 is 22.7 Å². The Kier molecular flexibility index (Phi) is 6.13. The number of benzene rings is 1. The number of nitrogen functional groups attached to an aromatic ring is 1. The smallest absolute Gasteiger partial charge is 0.330 e. The molecule has 176 valence electrons. The van der Waals surface area contributed by atoms with Crippen LogP contribution in [0, 0.1) is 0 Å². The molecule has 0 unspecified atom stereocenters. The van der Waals surface area contributed by atoms with Crippen molar-refractivity contribution in [3.8, 4) is 0 Å². The van der Waals surface area contributed by atoms with E-state index in [0.717, 1.165) is 10.1 Å². The molecular formula is C22H24N8O4. The first-order valence-corrected chi connectivity index (χ1v) is 10.7. The molecule has 1 aromatic carbocycles. The largest absolute Gasteiger partial charge is 0.383 e. The summed E-state index contributed by atoms with van der Waals surface area (Å²) in [6, 6.07) is 9.12. The fourth-order valence-corrected chi connectivity index (χ4v) is 3.76. The molecule has 0 saturated carbocycles. The lowest BCUT2D eigenvalue weighted by Crippen LogP contribution is -2.43. The number of aromatic nitrogens is 6. The van der Waals surface area contributed by atoms with Gasteiger partial charge in [0.1, 0.15) is 24.1 Å². The number of nitrogens with two attached hydrogens (primary N) is 1. The molecule has 0 atom stereocenters. The van der Waals surface area contributed by atoms with Crippen LogP contribution in [0.25, 0.3) is 11.0 Å². The number of nitrogens with one attached hydrogen (secondary N) is 1. The van der Waals surface area contributed by atoms with E-state index in [1.54, 1.807) is 7.05 Å². The number of carbonyl (C=O) groups excluding carboxylic acids is 1. The molecule has 3 heterocycles. The molecule has 0 saturated heterocycles. The second-order valence-corrected chi connectivity index (χ2v) is 7.79. The minimum absolute atomic E-state index is 0.116. The van der Waals surface area contributed by atoms with Crippen LogP contribution in [0.1, 0.15) is 18.9 Å². The quantitative estimate of drug-likeness (QED) is 0.392. The fraction of sp³-hybridized carbons (Fsp3) is 0.273. The van der Waals surface area contributed by atoms with Crippen molar-refractivity contribution in [2.24, 2.45) is 7.05 Å². The van der Waals surface area contributed by atoms with E-state index in [1.165, 1.54) is 26.7 Å². The van der Waals surface area contributed by atoms with E-state index in [0.29, 0.717) is 12.1 Å². The molecule has 0 aliphatic heterocycles. The number of amides is 1. The van der Waals surface area contributed by atoms with E-state index in [1.807, 2.05) is 37.3 Å². The maximum absolute atomic E-state index is 13.3. The molecule has 0 spiro atoms. The fourth-order valence-electron chi connectivity index (χ4n) is 3.76. The van der Waals surface area contributed by atoms with Crippen LogP contribution in [0.3, 0.4) is 0 Å². The summed E-state index contributed by atoms with van der Waals surface area (Å²) in [5, 5.41) is 4.29. The number of carbonyl (C=O) groups is 1. The predicted molar refractivity (Wildman–Crippen MR) is 127 cm³/mol. The van der Waals surface area contributed by atoms with Gasteiger partial charge in [0.05, 0.1) is 12.7 Å². The minimum atomic E-state index is -0.776.